The SMILES string of the molecule is CCCC1c2c(NC(=O)c3cn(C)nc3C(F)F)cccc2C(C)C1C. The van der Waals surface area contributed by atoms with Gasteiger partial charge in [-0.3, -0.25) is 9.48 Å². The molecule has 0 radical (unpaired) electrons. The van der Waals surface area contributed by atoms with Crippen LogP contribution in [0.2, 0.25) is 0 Å². The first-order valence-electron chi connectivity index (χ1n) is 9.11. The molecular weight excluding hydrogens is 336 g/mol. The number of benzene rings is 1. The Labute approximate surface area is 152 Å². The van der Waals surface area contributed by atoms with E-state index in [0.29, 0.717) is 17.8 Å². The number of carbonyl (C=O) groups excluding carboxylic acids is 1. The van der Waals surface area contributed by atoms with Gasteiger partial charge in [0.05, 0.1) is 5.56 Å². The molecule has 0 saturated heterocycles. The number of anilines is 1. The maximum atomic E-state index is 13.2. The van der Waals surface area contributed by atoms with Crippen LogP contribution in [0.4, 0.5) is 14.5 Å². The molecule has 1 aliphatic rings. The molecule has 2 aromatic rings. The molecule has 1 N–H and O–H groups in total. The number of hydrogen-bond donors (Lipinski definition) is 1. The van der Waals surface area contributed by atoms with Gasteiger partial charge in [-0.05, 0) is 41.4 Å². The molecular formula is C20H25F2N3O. The monoisotopic (exact) mass is 361 g/mol. The fraction of sp³-hybridized carbons (Fsp3) is 0.500. The third-order valence-electron chi connectivity index (χ3n) is 5.58. The topological polar surface area (TPSA) is 46.9 Å². The maximum absolute atomic E-state index is 13.2. The van der Waals surface area contributed by atoms with Gasteiger partial charge >= 0.3 is 0 Å². The second-order valence-electron chi connectivity index (χ2n) is 7.21. The number of rotatable bonds is 5. The van der Waals surface area contributed by atoms with E-state index in [1.54, 1.807) is 0 Å². The van der Waals surface area contributed by atoms with Crippen LogP contribution in [0.1, 0.15) is 79.1 Å². The van der Waals surface area contributed by atoms with Crippen LogP contribution in [-0.2, 0) is 7.05 Å². The predicted octanol–water partition coefficient (Wildman–Crippen LogP) is 5.25. The zero-order chi connectivity index (χ0) is 19.0. The standard InChI is InChI=1S/C20H25F2N3O/c1-5-7-13-11(2)12(3)14-8-6-9-16(17(13)14)23-20(26)15-10-25(4)24-18(15)19(21)22/h6,8-13,19H,5,7H2,1-4H3,(H,23,26). The summed E-state index contributed by atoms with van der Waals surface area (Å²) in [7, 11) is 1.53. The Balaban J connectivity index is 1.96. The van der Waals surface area contributed by atoms with Crippen LogP contribution < -0.4 is 5.32 Å². The summed E-state index contributed by atoms with van der Waals surface area (Å²) in [4.78, 5) is 12.7. The minimum absolute atomic E-state index is 0.0776. The quantitative estimate of drug-likeness (QED) is 0.791. The molecule has 0 spiro atoms. The van der Waals surface area contributed by atoms with Crippen molar-refractivity contribution in [3.63, 3.8) is 0 Å². The van der Waals surface area contributed by atoms with Gasteiger partial charge in [0.15, 0.2) is 0 Å². The third kappa shape index (κ3) is 3.13. The molecule has 1 amide bonds. The maximum Gasteiger partial charge on any atom is 0.282 e. The molecule has 3 atom stereocenters. The first kappa shape index (κ1) is 18.5. The summed E-state index contributed by atoms with van der Waals surface area (Å²) < 4.78 is 27.6. The average molecular weight is 361 g/mol. The van der Waals surface area contributed by atoms with Crippen LogP contribution in [-0.4, -0.2) is 15.7 Å². The summed E-state index contributed by atoms with van der Waals surface area (Å²) >= 11 is 0. The van der Waals surface area contributed by atoms with Crippen molar-refractivity contribution in [2.75, 3.05) is 5.32 Å². The van der Waals surface area contributed by atoms with Crippen molar-refractivity contribution in [3.8, 4) is 0 Å². The molecule has 1 heterocycles. The highest BCUT2D eigenvalue weighted by Gasteiger charge is 2.36. The van der Waals surface area contributed by atoms with Gasteiger partial charge in [0, 0.05) is 18.9 Å². The van der Waals surface area contributed by atoms with E-state index in [4.69, 9.17) is 0 Å². The Morgan fingerprint density at radius 3 is 2.73 bits per heavy atom. The predicted molar refractivity (Wildman–Crippen MR) is 97.8 cm³/mol. The summed E-state index contributed by atoms with van der Waals surface area (Å²) in [6, 6.07) is 5.89. The number of carbonyl (C=O) groups is 1. The van der Waals surface area contributed by atoms with Crippen LogP contribution in [0.3, 0.4) is 0 Å². The van der Waals surface area contributed by atoms with Gasteiger partial charge in [0.2, 0.25) is 0 Å². The highest BCUT2D eigenvalue weighted by atomic mass is 19.3. The Kier molecular flexibility index (Phi) is 5.12. The van der Waals surface area contributed by atoms with E-state index < -0.39 is 18.0 Å². The van der Waals surface area contributed by atoms with E-state index in [-0.39, 0.29) is 5.56 Å². The number of nitrogens with one attached hydrogen (secondary N) is 1. The second kappa shape index (κ2) is 7.17. The molecule has 26 heavy (non-hydrogen) atoms. The minimum atomic E-state index is -2.79. The fourth-order valence-corrected chi connectivity index (χ4v) is 4.15. The lowest BCUT2D eigenvalue weighted by atomic mass is 9.86. The Hall–Kier alpha value is -2.24. The van der Waals surface area contributed by atoms with Gasteiger partial charge in [-0.15, -0.1) is 0 Å². The summed E-state index contributed by atoms with van der Waals surface area (Å²) in [5.41, 5.74) is 2.57. The number of alkyl halides is 2. The molecule has 4 nitrogen and oxygen atoms in total. The van der Waals surface area contributed by atoms with Crippen LogP contribution in [0.25, 0.3) is 0 Å². The lowest BCUT2D eigenvalue weighted by molar-refractivity contribution is 0.101. The van der Waals surface area contributed by atoms with Gasteiger partial charge in [0.25, 0.3) is 12.3 Å². The molecule has 140 valence electrons. The van der Waals surface area contributed by atoms with E-state index in [2.05, 4.69) is 37.3 Å². The van der Waals surface area contributed by atoms with Crippen LogP contribution in [0, 0.1) is 5.92 Å². The van der Waals surface area contributed by atoms with Gasteiger partial charge in [-0.25, -0.2) is 8.78 Å². The molecule has 3 unspecified atom stereocenters. The average Bonchev–Trinajstić information content (AvgIpc) is 3.10. The molecule has 1 aromatic carbocycles. The zero-order valence-corrected chi connectivity index (χ0v) is 15.6. The van der Waals surface area contributed by atoms with Gasteiger partial charge < -0.3 is 5.32 Å². The zero-order valence-electron chi connectivity index (χ0n) is 15.6. The third-order valence-corrected chi connectivity index (χ3v) is 5.58. The smallest absolute Gasteiger partial charge is 0.282 e. The second-order valence-corrected chi connectivity index (χ2v) is 7.21. The first-order valence-corrected chi connectivity index (χ1v) is 9.11. The Morgan fingerprint density at radius 1 is 1.35 bits per heavy atom. The van der Waals surface area contributed by atoms with E-state index in [1.165, 1.54) is 23.5 Å². The van der Waals surface area contributed by atoms with Gasteiger partial charge in [-0.1, -0.05) is 39.3 Å². The first-order chi connectivity index (χ1) is 12.3. The van der Waals surface area contributed by atoms with Gasteiger partial charge in [0.1, 0.15) is 5.69 Å². The molecule has 6 heteroatoms. The van der Waals surface area contributed by atoms with Crippen molar-refractivity contribution in [2.45, 2.75) is 51.9 Å². The largest absolute Gasteiger partial charge is 0.322 e. The summed E-state index contributed by atoms with van der Waals surface area (Å²) in [5.74, 6) is 0.723. The lowest BCUT2D eigenvalue weighted by Crippen LogP contribution is -2.16. The number of aromatic nitrogens is 2. The summed E-state index contributed by atoms with van der Waals surface area (Å²) in [6.45, 7) is 6.61. The Bertz CT molecular complexity index is 815. The van der Waals surface area contributed by atoms with Crippen LogP contribution in [0.5, 0.6) is 0 Å². The highest BCUT2D eigenvalue weighted by Crippen LogP contribution is 2.51. The molecule has 0 aliphatic heterocycles. The molecule has 3 rings (SSSR count). The van der Waals surface area contributed by atoms with E-state index in [0.717, 1.165) is 24.1 Å². The van der Waals surface area contributed by atoms with Crippen molar-refractivity contribution in [2.24, 2.45) is 13.0 Å². The fourth-order valence-electron chi connectivity index (χ4n) is 4.15. The van der Waals surface area contributed by atoms with Crippen molar-refractivity contribution < 1.29 is 13.6 Å². The number of amides is 1. The summed E-state index contributed by atoms with van der Waals surface area (Å²) in [5, 5.41) is 6.59. The van der Waals surface area contributed by atoms with Crippen molar-refractivity contribution in [1.29, 1.82) is 0 Å². The van der Waals surface area contributed by atoms with Crippen molar-refractivity contribution >= 4 is 11.6 Å². The molecule has 0 fully saturated rings. The lowest BCUT2D eigenvalue weighted by Gasteiger charge is -2.20. The molecule has 1 aliphatic carbocycles. The number of aryl methyl sites for hydroxylation is 1. The molecule has 1 aromatic heterocycles. The Morgan fingerprint density at radius 2 is 2.08 bits per heavy atom. The van der Waals surface area contributed by atoms with Crippen LogP contribution in [0.15, 0.2) is 24.4 Å². The minimum Gasteiger partial charge on any atom is -0.322 e. The van der Waals surface area contributed by atoms with E-state index in [1.807, 2.05) is 12.1 Å². The van der Waals surface area contributed by atoms with Crippen LogP contribution >= 0.6 is 0 Å². The van der Waals surface area contributed by atoms with E-state index in [9.17, 15) is 13.6 Å². The molecule has 0 bridgehead atoms. The summed E-state index contributed by atoms with van der Waals surface area (Å²) in [6.07, 6.45) is 0.656. The van der Waals surface area contributed by atoms with E-state index >= 15 is 0 Å². The highest BCUT2D eigenvalue weighted by molar-refractivity contribution is 6.05. The molecule has 0 saturated carbocycles. The normalized spacial score (nSPS) is 21.9. The number of fused-ring (bicyclic) bond motifs is 1. The van der Waals surface area contributed by atoms with Crippen molar-refractivity contribution in [1.82, 2.24) is 9.78 Å². The number of hydrogen-bond acceptors (Lipinski definition) is 2. The van der Waals surface area contributed by atoms with Gasteiger partial charge in [-0.2, -0.15) is 5.10 Å². The van der Waals surface area contributed by atoms with Crippen molar-refractivity contribution in [3.05, 3.63) is 46.8 Å². The number of halogens is 2. The number of nitrogens with zero attached hydrogens (tertiary/aromatic N) is 2.